The Kier molecular flexibility index (Phi) is 9.11. The predicted molar refractivity (Wildman–Crippen MR) is 149 cm³/mol. The second-order valence-corrected chi connectivity index (χ2v) is 10.3. The van der Waals surface area contributed by atoms with E-state index in [0.717, 1.165) is 42.5 Å². The third-order valence-electron chi connectivity index (χ3n) is 6.70. The largest absolute Gasteiger partial charge is 0.479 e. The molecular formula is C28H35N5O3S. The molecule has 9 heteroatoms. The second-order valence-electron chi connectivity index (χ2n) is 9.31. The number of carbonyl (C=O) groups is 1. The highest BCUT2D eigenvalue weighted by Crippen LogP contribution is 2.39. The molecule has 3 aromatic rings. The summed E-state index contributed by atoms with van der Waals surface area (Å²) in [4.78, 5) is 30.4. The maximum Gasteiger partial charge on any atom is 0.336 e. The summed E-state index contributed by atoms with van der Waals surface area (Å²) in [5.41, 5.74) is 6.99. The molecule has 0 aliphatic carbocycles. The molecule has 1 aromatic heterocycles. The van der Waals surface area contributed by atoms with Gasteiger partial charge in [-0.05, 0) is 68.1 Å². The van der Waals surface area contributed by atoms with Gasteiger partial charge in [0.2, 0.25) is 5.95 Å². The van der Waals surface area contributed by atoms with Gasteiger partial charge in [-0.2, -0.15) is 16.8 Å². The number of carboxylic acids is 1. The van der Waals surface area contributed by atoms with E-state index in [0.29, 0.717) is 36.7 Å². The minimum absolute atomic E-state index is 0.134. The van der Waals surface area contributed by atoms with Crippen molar-refractivity contribution in [2.24, 2.45) is 5.73 Å². The number of aliphatic carboxylic acids is 1. The van der Waals surface area contributed by atoms with Crippen LogP contribution in [0.3, 0.4) is 0 Å². The van der Waals surface area contributed by atoms with Gasteiger partial charge in [-0.15, -0.1) is 0 Å². The molecule has 8 nitrogen and oxygen atoms in total. The van der Waals surface area contributed by atoms with Crippen molar-refractivity contribution in [2.75, 3.05) is 43.8 Å². The van der Waals surface area contributed by atoms with Gasteiger partial charge >= 0.3 is 5.97 Å². The number of rotatable bonds is 10. The fourth-order valence-corrected chi connectivity index (χ4v) is 5.12. The van der Waals surface area contributed by atoms with E-state index in [1.807, 2.05) is 54.8 Å². The number of nitrogens with two attached hydrogens (primary N) is 1. The number of anilines is 1. The van der Waals surface area contributed by atoms with E-state index in [4.69, 9.17) is 15.6 Å². The Morgan fingerprint density at radius 3 is 2.78 bits per heavy atom. The molecule has 1 saturated heterocycles. The van der Waals surface area contributed by atoms with Crippen LogP contribution in [0.15, 0.2) is 48.5 Å². The zero-order valence-electron chi connectivity index (χ0n) is 21.4. The third-order valence-corrected chi connectivity index (χ3v) is 7.31. The normalized spacial score (nSPS) is 16.2. The predicted octanol–water partition coefficient (Wildman–Crippen LogP) is 3.83. The molecule has 0 unspecified atom stereocenters. The van der Waals surface area contributed by atoms with Crippen molar-refractivity contribution >= 4 is 34.7 Å². The fourth-order valence-electron chi connectivity index (χ4n) is 4.62. The Bertz CT molecular complexity index is 1230. The van der Waals surface area contributed by atoms with Crippen molar-refractivity contribution in [3.63, 3.8) is 0 Å². The van der Waals surface area contributed by atoms with E-state index in [-0.39, 0.29) is 6.10 Å². The summed E-state index contributed by atoms with van der Waals surface area (Å²) in [5.74, 6) is 6.17. The van der Waals surface area contributed by atoms with E-state index >= 15 is 0 Å². The summed E-state index contributed by atoms with van der Waals surface area (Å²) in [7, 11) is 2.09. The highest BCUT2D eigenvalue weighted by molar-refractivity contribution is 7.98. The van der Waals surface area contributed by atoms with Gasteiger partial charge in [-0.1, -0.05) is 36.1 Å². The first-order valence-corrected chi connectivity index (χ1v) is 14.0. The Hall–Kier alpha value is -3.03. The molecule has 4 rings (SSSR count). The molecule has 1 atom stereocenters. The Morgan fingerprint density at radius 1 is 1.30 bits per heavy atom. The number of H-pyrrole nitrogens is 1. The van der Waals surface area contributed by atoms with Gasteiger partial charge in [0, 0.05) is 31.6 Å². The number of imidazole rings is 1. The summed E-state index contributed by atoms with van der Waals surface area (Å²) in [5, 5.41) is 12.5. The van der Waals surface area contributed by atoms with Crippen LogP contribution in [-0.4, -0.2) is 70.7 Å². The molecular weight excluding hydrogens is 486 g/mol. The molecule has 2 aromatic carbocycles. The highest BCUT2D eigenvalue weighted by atomic mass is 32.2. The van der Waals surface area contributed by atoms with Crippen LogP contribution in [0, 0.1) is 11.8 Å². The molecule has 1 aliphatic heterocycles. The quantitative estimate of drug-likeness (QED) is 0.273. The van der Waals surface area contributed by atoms with Crippen molar-refractivity contribution in [1.29, 1.82) is 0 Å². The van der Waals surface area contributed by atoms with Crippen molar-refractivity contribution in [2.45, 2.75) is 37.3 Å². The number of para-hydroxylation sites is 2. The molecule has 1 fully saturated rings. The number of piperidine rings is 1. The second kappa shape index (κ2) is 12.5. The Balaban J connectivity index is 1.86. The van der Waals surface area contributed by atoms with Gasteiger partial charge in [-0.3, -0.25) is 4.84 Å². The van der Waals surface area contributed by atoms with Crippen LogP contribution in [0.5, 0.6) is 0 Å². The molecule has 0 radical (unpaired) electrons. The van der Waals surface area contributed by atoms with Gasteiger partial charge in [0.25, 0.3) is 0 Å². The molecule has 196 valence electrons. The molecule has 1 aliphatic rings. The summed E-state index contributed by atoms with van der Waals surface area (Å²) in [6.07, 6.45) is 4.33. The van der Waals surface area contributed by atoms with Crippen LogP contribution in [0.2, 0.25) is 0 Å². The lowest BCUT2D eigenvalue weighted by atomic mass is 9.85. The van der Waals surface area contributed by atoms with Gasteiger partial charge in [-0.25, -0.2) is 9.78 Å². The van der Waals surface area contributed by atoms with Crippen molar-refractivity contribution < 1.29 is 14.7 Å². The van der Waals surface area contributed by atoms with Gasteiger partial charge in [0.1, 0.15) is 0 Å². The lowest BCUT2D eigenvalue weighted by molar-refractivity contribution is -0.151. The molecule has 37 heavy (non-hydrogen) atoms. The molecule has 0 amide bonds. The number of aromatic amines is 1. The number of hydroxylamine groups is 1. The first kappa shape index (κ1) is 27.0. The van der Waals surface area contributed by atoms with Crippen molar-refractivity contribution in [3.8, 4) is 11.8 Å². The smallest absolute Gasteiger partial charge is 0.336 e. The number of hydrogen-bond acceptors (Lipinski definition) is 7. The van der Waals surface area contributed by atoms with E-state index in [1.54, 1.807) is 11.8 Å². The molecule has 0 spiro atoms. The SMILES string of the molecule is CSCC[C@@](C(=O)O)(c1cccc(C#CCCN)c1)N(OC1CCN(C)CC1)c1nc2ccccc2[nH]1. The van der Waals surface area contributed by atoms with Crippen LogP contribution in [0.4, 0.5) is 5.95 Å². The molecule has 4 N–H and O–H groups in total. The van der Waals surface area contributed by atoms with E-state index in [2.05, 4.69) is 28.8 Å². The number of thioether (sulfide) groups is 1. The topological polar surface area (TPSA) is 108 Å². The van der Waals surface area contributed by atoms with Crippen LogP contribution in [-0.2, 0) is 15.2 Å². The van der Waals surface area contributed by atoms with Crippen molar-refractivity contribution in [1.82, 2.24) is 14.9 Å². The summed E-state index contributed by atoms with van der Waals surface area (Å²) >= 11 is 1.60. The lowest BCUT2D eigenvalue weighted by Gasteiger charge is -2.42. The van der Waals surface area contributed by atoms with Crippen LogP contribution < -0.4 is 10.8 Å². The fraction of sp³-hybridized carbons (Fsp3) is 0.429. The first-order valence-electron chi connectivity index (χ1n) is 12.6. The van der Waals surface area contributed by atoms with Crippen LogP contribution in [0.1, 0.15) is 36.8 Å². The highest BCUT2D eigenvalue weighted by Gasteiger charge is 2.49. The number of nitrogens with one attached hydrogen (secondary N) is 1. The Labute approximate surface area is 222 Å². The molecule has 0 saturated carbocycles. The van der Waals surface area contributed by atoms with Gasteiger partial charge in [0.05, 0.1) is 17.1 Å². The minimum Gasteiger partial charge on any atom is -0.479 e. The van der Waals surface area contributed by atoms with E-state index in [1.165, 1.54) is 5.06 Å². The van der Waals surface area contributed by atoms with E-state index < -0.39 is 11.5 Å². The number of likely N-dealkylation sites (tertiary alicyclic amines) is 1. The monoisotopic (exact) mass is 521 g/mol. The third kappa shape index (κ3) is 6.11. The summed E-state index contributed by atoms with van der Waals surface area (Å²) in [6.45, 7) is 2.25. The maximum absolute atomic E-state index is 13.4. The van der Waals surface area contributed by atoms with Crippen molar-refractivity contribution in [3.05, 3.63) is 59.7 Å². The van der Waals surface area contributed by atoms with Crippen LogP contribution >= 0.6 is 11.8 Å². The average molecular weight is 522 g/mol. The zero-order chi connectivity index (χ0) is 26.3. The van der Waals surface area contributed by atoms with Gasteiger partial charge < -0.3 is 20.7 Å². The van der Waals surface area contributed by atoms with Gasteiger partial charge in [0.15, 0.2) is 5.54 Å². The average Bonchev–Trinajstić information content (AvgIpc) is 3.34. The minimum atomic E-state index is -1.52. The summed E-state index contributed by atoms with van der Waals surface area (Å²) < 4.78 is 0. The number of carboxylic acid groups (broad SMARTS) is 1. The number of aromatic nitrogens is 2. The number of benzene rings is 2. The molecule has 2 heterocycles. The standard InChI is InChI=1S/C28H35N5O3S/c1-32-17-13-23(14-18-32)36-33(27-30-24-11-3-4-12-25(24)31-27)28(26(34)35,15-19-37-2)22-10-7-9-21(20-22)8-5-6-16-29/h3-4,7,9-12,20,23H,6,13-19,29H2,1-2H3,(H,30,31)(H,34,35)/t28-/m0/s1. The Morgan fingerprint density at radius 2 is 2.08 bits per heavy atom. The number of hydrogen-bond donors (Lipinski definition) is 3. The number of nitrogens with zero attached hydrogens (tertiary/aromatic N) is 3. The van der Waals surface area contributed by atoms with E-state index in [9.17, 15) is 9.90 Å². The summed E-state index contributed by atoms with van der Waals surface area (Å²) in [6, 6.07) is 15.1. The van der Waals surface area contributed by atoms with Crippen LogP contribution in [0.25, 0.3) is 11.0 Å². The first-order chi connectivity index (χ1) is 18.0. The number of fused-ring (bicyclic) bond motifs is 1. The maximum atomic E-state index is 13.4. The lowest BCUT2D eigenvalue weighted by Crippen LogP contribution is -2.55. The zero-order valence-corrected chi connectivity index (χ0v) is 22.3. The molecule has 0 bridgehead atoms.